The molecule has 0 bridgehead atoms. The summed E-state index contributed by atoms with van der Waals surface area (Å²) in [6.45, 7) is 4.89. The second kappa shape index (κ2) is 10.1. The molecule has 3 amide bonds. The van der Waals surface area contributed by atoms with E-state index in [-0.39, 0.29) is 36.7 Å². The second-order valence-electron chi connectivity index (χ2n) is 10.0. The van der Waals surface area contributed by atoms with Crippen molar-refractivity contribution in [1.82, 2.24) is 9.80 Å². The van der Waals surface area contributed by atoms with E-state index in [0.29, 0.717) is 30.3 Å². The predicted octanol–water partition coefficient (Wildman–Crippen LogP) is 3.59. The number of likely N-dealkylation sites (N-methyl/N-ethyl adjacent to an activating group) is 1. The van der Waals surface area contributed by atoms with Gasteiger partial charge in [-0.15, -0.1) is 0 Å². The van der Waals surface area contributed by atoms with E-state index in [0.717, 1.165) is 24.2 Å². The van der Waals surface area contributed by atoms with E-state index in [1.54, 1.807) is 43.3 Å². The number of hydrogen-bond acceptors (Lipinski definition) is 5. The number of benzene rings is 2. The van der Waals surface area contributed by atoms with Crippen molar-refractivity contribution < 1.29 is 23.9 Å². The number of likely N-dealkylation sites (tertiary alicyclic amines) is 1. The highest BCUT2D eigenvalue weighted by molar-refractivity contribution is 6.10. The molecule has 35 heavy (non-hydrogen) atoms. The number of fused-ring (bicyclic) bond motifs is 1. The third kappa shape index (κ3) is 5.04. The first-order valence-corrected chi connectivity index (χ1v) is 12.2. The molecule has 1 saturated heterocycles. The molecule has 0 spiro atoms. The molecule has 2 aromatic carbocycles. The van der Waals surface area contributed by atoms with Gasteiger partial charge in [0.1, 0.15) is 17.6 Å². The van der Waals surface area contributed by atoms with Gasteiger partial charge in [0.05, 0.1) is 19.1 Å². The van der Waals surface area contributed by atoms with E-state index in [4.69, 9.17) is 9.47 Å². The van der Waals surface area contributed by atoms with E-state index in [1.807, 2.05) is 24.3 Å². The fourth-order valence-electron chi connectivity index (χ4n) is 4.95. The van der Waals surface area contributed by atoms with E-state index >= 15 is 0 Å². The van der Waals surface area contributed by atoms with Gasteiger partial charge in [0.25, 0.3) is 0 Å². The quantitative estimate of drug-likeness (QED) is 0.515. The zero-order valence-corrected chi connectivity index (χ0v) is 21.0. The minimum Gasteiger partial charge on any atom is -0.497 e. The molecule has 0 N–H and O–H groups in total. The zero-order valence-electron chi connectivity index (χ0n) is 21.0. The van der Waals surface area contributed by atoms with Crippen LogP contribution < -0.4 is 9.47 Å². The molecule has 0 aliphatic carbocycles. The Morgan fingerprint density at radius 1 is 1.17 bits per heavy atom. The molecule has 0 radical (unpaired) electrons. The maximum Gasteiger partial charge on any atom is 0.240 e. The molecule has 2 aliphatic rings. The molecule has 186 valence electrons. The first-order valence-electron chi connectivity index (χ1n) is 12.2. The molecular formula is C28H34N2O5. The van der Waals surface area contributed by atoms with Crippen LogP contribution in [0, 0.1) is 5.92 Å². The minimum atomic E-state index is -1.22. The maximum absolute atomic E-state index is 13.7. The van der Waals surface area contributed by atoms with Crippen LogP contribution in [0.4, 0.5) is 0 Å². The van der Waals surface area contributed by atoms with E-state index < -0.39 is 5.41 Å². The van der Waals surface area contributed by atoms with Gasteiger partial charge in [0, 0.05) is 32.9 Å². The predicted molar refractivity (Wildman–Crippen MR) is 132 cm³/mol. The van der Waals surface area contributed by atoms with Gasteiger partial charge < -0.3 is 14.4 Å². The summed E-state index contributed by atoms with van der Waals surface area (Å²) in [4.78, 5) is 43.1. The summed E-state index contributed by atoms with van der Waals surface area (Å²) in [7, 11) is 3.30. The first-order chi connectivity index (χ1) is 16.7. The third-order valence-corrected chi connectivity index (χ3v) is 7.05. The van der Waals surface area contributed by atoms with Crippen LogP contribution in [-0.2, 0) is 26.2 Å². The van der Waals surface area contributed by atoms with Crippen molar-refractivity contribution in [2.75, 3.05) is 27.2 Å². The Balaban J connectivity index is 1.54. The lowest BCUT2D eigenvalue weighted by Crippen LogP contribution is -2.44. The average Bonchev–Trinajstić information content (AvgIpc) is 3.35. The number of carbonyl (C=O) groups is 3. The number of carbonyl (C=O) groups excluding carboxylic acids is 3. The van der Waals surface area contributed by atoms with Crippen LogP contribution in [0.5, 0.6) is 11.5 Å². The summed E-state index contributed by atoms with van der Waals surface area (Å²) in [6, 6.07) is 15.0. The molecule has 2 atom stereocenters. The standard InChI is InChI=1S/C28H34N2O5/c1-19(2)13-14-30-26(32)17-28(27(30)33,21-9-11-22(34-4)12-10-21)16-25(31)29(3)18-23-15-20-7-5-6-8-24(20)35-23/h5-12,19,23H,13-18H2,1-4H3/t23-,28+/m1/s1. The summed E-state index contributed by atoms with van der Waals surface area (Å²) >= 11 is 0. The number of imide groups is 1. The normalized spacial score (nSPS) is 21.3. The van der Waals surface area contributed by atoms with Crippen LogP contribution in [0.2, 0.25) is 0 Å². The molecule has 7 nitrogen and oxygen atoms in total. The van der Waals surface area contributed by atoms with Crippen LogP contribution in [0.1, 0.15) is 44.2 Å². The largest absolute Gasteiger partial charge is 0.497 e. The second-order valence-corrected chi connectivity index (χ2v) is 10.0. The number of hydrogen-bond donors (Lipinski definition) is 0. The summed E-state index contributed by atoms with van der Waals surface area (Å²) in [6.07, 6.45) is 1.24. The lowest BCUT2D eigenvalue weighted by Gasteiger charge is -2.30. The minimum absolute atomic E-state index is 0.0127. The Morgan fingerprint density at radius 2 is 1.89 bits per heavy atom. The van der Waals surface area contributed by atoms with Crippen molar-refractivity contribution in [2.24, 2.45) is 5.92 Å². The lowest BCUT2D eigenvalue weighted by atomic mass is 9.75. The zero-order chi connectivity index (χ0) is 25.2. The van der Waals surface area contributed by atoms with Crippen molar-refractivity contribution in [3.05, 3.63) is 59.7 Å². The van der Waals surface area contributed by atoms with Gasteiger partial charge >= 0.3 is 0 Å². The van der Waals surface area contributed by atoms with Gasteiger partial charge in [-0.1, -0.05) is 44.2 Å². The van der Waals surface area contributed by atoms with Gasteiger partial charge in [-0.2, -0.15) is 0 Å². The van der Waals surface area contributed by atoms with Crippen molar-refractivity contribution in [1.29, 1.82) is 0 Å². The number of methoxy groups -OCH3 is 1. The molecule has 4 rings (SSSR count). The highest BCUT2D eigenvalue weighted by Gasteiger charge is 2.53. The smallest absolute Gasteiger partial charge is 0.240 e. The van der Waals surface area contributed by atoms with Crippen molar-refractivity contribution in [2.45, 2.75) is 51.0 Å². The van der Waals surface area contributed by atoms with E-state index in [9.17, 15) is 14.4 Å². The molecule has 2 heterocycles. The summed E-state index contributed by atoms with van der Waals surface area (Å²) in [5.41, 5.74) is 0.575. The fraction of sp³-hybridized carbons (Fsp3) is 0.464. The van der Waals surface area contributed by atoms with Gasteiger partial charge in [-0.25, -0.2) is 0 Å². The van der Waals surface area contributed by atoms with E-state index in [1.165, 1.54) is 4.90 Å². The van der Waals surface area contributed by atoms with Gasteiger partial charge in [-0.3, -0.25) is 19.3 Å². The fourth-order valence-corrected chi connectivity index (χ4v) is 4.95. The summed E-state index contributed by atoms with van der Waals surface area (Å²) < 4.78 is 11.3. The third-order valence-electron chi connectivity index (χ3n) is 7.05. The van der Waals surface area contributed by atoms with Crippen LogP contribution in [0.3, 0.4) is 0 Å². The molecule has 2 aromatic rings. The molecular weight excluding hydrogens is 444 g/mol. The van der Waals surface area contributed by atoms with Crippen molar-refractivity contribution in [3.63, 3.8) is 0 Å². The average molecular weight is 479 g/mol. The Hall–Kier alpha value is -3.35. The molecule has 0 aromatic heterocycles. The molecule has 0 unspecified atom stereocenters. The van der Waals surface area contributed by atoms with Crippen LogP contribution in [0.25, 0.3) is 0 Å². The van der Waals surface area contributed by atoms with Crippen molar-refractivity contribution in [3.8, 4) is 11.5 Å². The first kappa shape index (κ1) is 24.8. The number of rotatable bonds is 9. The maximum atomic E-state index is 13.7. The van der Waals surface area contributed by atoms with Crippen LogP contribution in [-0.4, -0.2) is 60.9 Å². The van der Waals surface area contributed by atoms with Gasteiger partial charge in [0.15, 0.2) is 0 Å². The number of nitrogens with zero attached hydrogens (tertiary/aromatic N) is 2. The summed E-state index contributed by atoms with van der Waals surface area (Å²) in [5.74, 6) is 1.15. The van der Waals surface area contributed by atoms with Crippen molar-refractivity contribution >= 4 is 17.7 Å². The van der Waals surface area contributed by atoms with Gasteiger partial charge in [0.2, 0.25) is 17.7 Å². The van der Waals surface area contributed by atoms with Gasteiger partial charge in [-0.05, 0) is 41.7 Å². The highest BCUT2D eigenvalue weighted by atomic mass is 16.5. The SMILES string of the molecule is COc1ccc([C@]2(CC(=O)N(C)C[C@H]3Cc4ccccc4O3)CC(=O)N(CCC(C)C)C2=O)cc1. The molecule has 1 fully saturated rings. The monoisotopic (exact) mass is 478 g/mol. The molecule has 0 saturated carbocycles. The Kier molecular flexibility index (Phi) is 7.15. The number of amides is 3. The molecule has 7 heteroatoms. The van der Waals surface area contributed by atoms with Crippen LogP contribution in [0.15, 0.2) is 48.5 Å². The Labute approximate surface area is 207 Å². The summed E-state index contributed by atoms with van der Waals surface area (Å²) in [5, 5.41) is 0. The Bertz CT molecular complexity index is 1070. The van der Waals surface area contributed by atoms with E-state index in [2.05, 4.69) is 13.8 Å². The Morgan fingerprint density at radius 3 is 2.54 bits per heavy atom. The van der Waals surface area contributed by atoms with Crippen LogP contribution >= 0.6 is 0 Å². The topological polar surface area (TPSA) is 76.2 Å². The molecule has 2 aliphatic heterocycles. The number of para-hydroxylation sites is 1. The highest BCUT2D eigenvalue weighted by Crippen LogP contribution is 2.41. The lowest BCUT2D eigenvalue weighted by molar-refractivity contribution is -0.142. The number of ether oxygens (including phenoxy) is 2.